The van der Waals surface area contributed by atoms with Gasteiger partial charge in [-0.1, -0.05) is 35.9 Å². The number of rotatable bonds is 9. The summed E-state index contributed by atoms with van der Waals surface area (Å²) in [5.74, 6) is 0.217. The van der Waals surface area contributed by atoms with Gasteiger partial charge in [-0.25, -0.2) is 8.42 Å². The summed E-state index contributed by atoms with van der Waals surface area (Å²) in [6, 6.07) is 14.8. The molecule has 0 fully saturated rings. The number of hydrogen-bond donors (Lipinski definition) is 1. The molecule has 1 amide bonds. The average Bonchev–Trinajstić information content (AvgIpc) is 3.30. The van der Waals surface area contributed by atoms with E-state index in [9.17, 15) is 18.5 Å². The molecule has 0 aliphatic rings. The van der Waals surface area contributed by atoms with Crippen molar-refractivity contribution in [3.05, 3.63) is 64.7 Å². The first-order valence-corrected chi connectivity index (χ1v) is 12.8. The van der Waals surface area contributed by atoms with Crippen LogP contribution in [0.25, 0.3) is 6.08 Å². The number of nitrogens with one attached hydrogen (secondary N) is 1. The van der Waals surface area contributed by atoms with Gasteiger partial charge < -0.3 is 9.47 Å². The van der Waals surface area contributed by atoms with Crippen molar-refractivity contribution < 1.29 is 22.7 Å². The fraction of sp³-hybridized carbons (Fsp3) is 0.250. The number of aryl methyl sites for hydroxylation is 1. The van der Waals surface area contributed by atoms with E-state index in [0.717, 1.165) is 22.7 Å². The fourth-order valence-corrected chi connectivity index (χ4v) is 4.62. The van der Waals surface area contributed by atoms with E-state index in [4.69, 9.17) is 9.47 Å². The summed E-state index contributed by atoms with van der Waals surface area (Å²) in [6.45, 7) is 5.39. The molecule has 35 heavy (non-hydrogen) atoms. The van der Waals surface area contributed by atoms with E-state index in [1.807, 2.05) is 37.3 Å². The maximum Gasteiger partial charge on any atom is 0.268 e. The Balaban J connectivity index is 1.75. The lowest BCUT2D eigenvalue weighted by Crippen LogP contribution is -2.16. The van der Waals surface area contributed by atoms with Gasteiger partial charge >= 0.3 is 0 Å². The summed E-state index contributed by atoms with van der Waals surface area (Å²) in [5.41, 5.74) is 2.48. The number of benzene rings is 2. The third-order valence-electron chi connectivity index (χ3n) is 4.84. The molecule has 0 atom stereocenters. The van der Waals surface area contributed by atoms with Crippen LogP contribution in [-0.2, 0) is 21.2 Å². The Hall–Kier alpha value is -3.75. The standard InChI is InChI=1S/C24H24N4O5S2/c1-15(2)35(30,31)24-27-23(34-28-24)26-22(29)19(13-25)11-17-8-9-20(21(12-17)32-4)33-14-18-7-5-6-16(3)10-18/h5-12,15H,14H2,1-4H3,(H,26,27,28,29). The molecule has 1 heterocycles. The minimum atomic E-state index is -3.67. The van der Waals surface area contributed by atoms with Crippen LogP contribution in [0.3, 0.4) is 0 Å². The molecule has 0 saturated heterocycles. The average molecular weight is 513 g/mol. The van der Waals surface area contributed by atoms with Crippen LogP contribution < -0.4 is 14.8 Å². The van der Waals surface area contributed by atoms with Crippen LogP contribution in [0.2, 0.25) is 0 Å². The van der Waals surface area contributed by atoms with Crippen LogP contribution >= 0.6 is 11.5 Å². The second kappa shape index (κ2) is 11.1. The Morgan fingerprint density at radius 2 is 2.00 bits per heavy atom. The summed E-state index contributed by atoms with van der Waals surface area (Å²) in [4.78, 5) is 16.5. The summed E-state index contributed by atoms with van der Waals surface area (Å²) in [5, 5.41) is 10.8. The van der Waals surface area contributed by atoms with Gasteiger partial charge in [-0.15, -0.1) is 0 Å². The lowest BCUT2D eigenvalue weighted by atomic mass is 10.1. The highest BCUT2D eigenvalue weighted by Crippen LogP contribution is 2.30. The van der Waals surface area contributed by atoms with E-state index < -0.39 is 21.0 Å². The topological polar surface area (TPSA) is 131 Å². The Labute approximate surface area is 208 Å². The molecule has 0 aliphatic carbocycles. The van der Waals surface area contributed by atoms with Gasteiger partial charge in [0.1, 0.15) is 18.2 Å². The number of methoxy groups -OCH3 is 1. The molecule has 0 aliphatic heterocycles. The summed E-state index contributed by atoms with van der Waals surface area (Å²) in [7, 11) is -2.17. The van der Waals surface area contributed by atoms with Crippen molar-refractivity contribution in [1.29, 1.82) is 5.26 Å². The van der Waals surface area contributed by atoms with Crippen molar-refractivity contribution in [2.24, 2.45) is 0 Å². The molecule has 0 radical (unpaired) electrons. The number of carbonyl (C=O) groups is 1. The van der Waals surface area contributed by atoms with Crippen molar-refractivity contribution in [1.82, 2.24) is 9.36 Å². The predicted octanol–water partition coefficient (Wildman–Crippen LogP) is 4.16. The van der Waals surface area contributed by atoms with Gasteiger partial charge in [0.05, 0.1) is 12.4 Å². The van der Waals surface area contributed by atoms with Crippen molar-refractivity contribution in [2.45, 2.75) is 37.8 Å². The molecule has 1 N–H and O–H groups in total. The van der Waals surface area contributed by atoms with E-state index >= 15 is 0 Å². The molecule has 9 nitrogen and oxygen atoms in total. The highest BCUT2D eigenvalue weighted by Gasteiger charge is 2.25. The second-order valence-corrected chi connectivity index (χ2v) is 10.9. The minimum Gasteiger partial charge on any atom is -0.493 e. The van der Waals surface area contributed by atoms with Crippen LogP contribution in [0.15, 0.2) is 53.2 Å². The zero-order valence-corrected chi connectivity index (χ0v) is 21.2. The molecule has 0 bridgehead atoms. The number of nitrogens with zero attached hydrogens (tertiary/aromatic N) is 3. The van der Waals surface area contributed by atoms with Crippen LogP contribution in [0, 0.1) is 18.3 Å². The van der Waals surface area contributed by atoms with Crippen LogP contribution in [-0.4, -0.2) is 36.0 Å². The smallest absolute Gasteiger partial charge is 0.268 e. The number of anilines is 1. The maximum atomic E-state index is 12.6. The van der Waals surface area contributed by atoms with E-state index in [1.165, 1.54) is 27.0 Å². The molecule has 0 spiro atoms. The van der Waals surface area contributed by atoms with Crippen LogP contribution in [0.4, 0.5) is 5.13 Å². The van der Waals surface area contributed by atoms with E-state index in [1.54, 1.807) is 18.2 Å². The SMILES string of the molecule is COc1cc(C=C(C#N)C(=O)Nc2nc(S(=O)(=O)C(C)C)ns2)ccc1OCc1cccc(C)c1. The van der Waals surface area contributed by atoms with Crippen molar-refractivity contribution in [2.75, 3.05) is 12.4 Å². The molecule has 1 aromatic heterocycles. The number of nitriles is 1. The van der Waals surface area contributed by atoms with Crippen molar-refractivity contribution in [3.8, 4) is 17.6 Å². The number of ether oxygens (including phenoxy) is 2. The van der Waals surface area contributed by atoms with Crippen LogP contribution in [0.1, 0.15) is 30.5 Å². The molecule has 3 rings (SSSR count). The Bertz CT molecular complexity index is 1410. The van der Waals surface area contributed by atoms with Gasteiger partial charge in [0.2, 0.25) is 15.0 Å². The molecule has 182 valence electrons. The van der Waals surface area contributed by atoms with Crippen molar-refractivity contribution >= 4 is 38.5 Å². The number of hydrogen-bond acceptors (Lipinski definition) is 9. The van der Waals surface area contributed by atoms with Gasteiger partial charge in [0, 0.05) is 11.5 Å². The molecule has 0 unspecified atom stereocenters. The third-order valence-corrected chi connectivity index (χ3v) is 7.52. The van der Waals surface area contributed by atoms with Gasteiger partial charge in [0.25, 0.3) is 11.1 Å². The molecular formula is C24H24N4O5S2. The van der Waals surface area contributed by atoms with Gasteiger partial charge in [0.15, 0.2) is 11.5 Å². The van der Waals surface area contributed by atoms with Gasteiger partial charge in [-0.05, 0) is 50.1 Å². The normalized spacial score (nSPS) is 11.7. The largest absolute Gasteiger partial charge is 0.493 e. The highest BCUT2D eigenvalue weighted by atomic mass is 32.2. The van der Waals surface area contributed by atoms with Crippen LogP contribution in [0.5, 0.6) is 11.5 Å². The first kappa shape index (κ1) is 25.9. The highest BCUT2D eigenvalue weighted by molar-refractivity contribution is 7.91. The monoisotopic (exact) mass is 512 g/mol. The number of carbonyl (C=O) groups excluding carboxylic acids is 1. The van der Waals surface area contributed by atoms with E-state index in [0.29, 0.717) is 23.7 Å². The second-order valence-electron chi connectivity index (χ2n) is 7.79. The van der Waals surface area contributed by atoms with Gasteiger partial charge in [-0.3, -0.25) is 10.1 Å². The Morgan fingerprint density at radius 1 is 1.23 bits per heavy atom. The number of sulfone groups is 1. The zero-order valence-electron chi connectivity index (χ0n) is 19.6. The summed E-state index contributed by atoms with van der Waals surface area (Å²) < 4.78 is 39.4. The fourth-order valence-electron chi connectivity index (χ4n) is 2.92. The molecule has 2 aromatic carbocycles. The molecule has 3 aromatic rings. The Morgan fingerprint density at radius 3 is 2.66 bits per heavy atom. The lowest BCUT2D eigenvalue weighted by molar-refractivity contribution is -0.112. The minimum absolute atomic E-state index is 0.0205. The predicted molar refractivity (Wildman–Crippen MR) is 133 cm³/mol. The molecule has 0 saturated carbocycles. The number of amides is 1. The summed E-state index contributed by atoms with van der Waals surface area (Å²) in [6.07, 6.45) is 1.38. The van der Waals surface area contributed by atoms with E-state index in [-0.39, 0.29) is 15.9 Å². The zero-order chi connectivity index (χ0) is 25.6. The first-order chi connectivity index (χ1) is 16.6. The maximum absolute atomic E-state index is 12.6. The number of aromatic nitrogens is 2. The molecular weight excluding hydrogens is 488 g/mol. The Kier molecular flexibility index (Phi) is 8.22. The quantitative estimate of drug-likeness (QED) is 0.334. The molecule has 11 heteroatoms. The summed E-state index contributed by atoms with van der Waals surface area (Å²) >= 11 is 0.723. The van der Waals surface area contributed by atoms with E-state index in [2.05, 4.69) is 14.7 Å². The van der Waals surface area contributed by atoms with Gasteiger partial charge in [-0.2, -0.15) is 14.6 Å². The van der Waals surface area contributed by atoms with Crippen molar-refractivity contribution in [3.63, 3.8) is 0 Å². The third kappa shape index (κ3) is 6.44. The first-order valence-electron chi connectivity index (χ1n) is 10.5. The lowest BCUT2D eigenvalue weighted by Gasteiger charge is -2.12.